The van der Waals surface area contributed by atoms with Gasteiger partial charge in [0.15, 0.2) is 0 Å². The standard InChI is InChI=1S/C20H19NO3S/c1-24-20(23)16-10-11-18(22)21(16)19-14-7-3-2-6-13(14)12-25-17-9-5-4-8-15(17)19/h2-9,16,19H,10-12H2,1H3. The monoisotopic (exact) mass is 353 g/mol. The number of nitrogens with zero attached hydrogens (tertiary/aromatic N) is 1. The molecule has 0 N–H and O–H groups in total. The van der Waals surface area contributed by atoms with Gasteiger partial charge in [-0.3, -0.25) is 4.79 Å². The van der Waals surface area contributed by atoms with E-state index in [2.05, 4.69) is 24.3 Å². The Balaban J connectivity index is 1.90. The normalized spacial score (nSPS) is 22.1. The van der Waals surface area contributed by atoms with Crippen LogP contribution >= 0.6 is 11.8 Å². The smallest absolute Gasteiger partial charge is 0.328 e. The van der Waals surface area contributed by atoms with Gasteiger partial charge >= 0.3 is 5.97 Å². The molecule has 0 aromatic heterocycles. The lowest BCUT2D eigenvalue weighted by atomic mass is 9.93. The van der Waals surface area contributed by atoms with Crippen molar-refractivity contribution in [3.05, 3.63) is 65.2 Å². The second-order valence-corrected chi connectivity index (χ2v) is 7.32. The number of hydrogen-bond acceptors (Lipinski definition) is 4. The minimum atomic E-state index is -0.522. The van der Waals surface area contributed by atoms with Crippen LogP contribution in [0.5, 0.6) is 0 Å². The number of ether oxygens (including phenoxy) is 1. The number of fused-ring (bicyclic) bond motifs is 2. The first kappa shape index (κ1) is 16.2. The van der Waals surface area contributed by atoms with Crippen LogP contribution in [0.1, 0.15) is 35.6 Å². The molecule has 0 radical (unpaired) electrons. The van der Waals surface area contributed by atoms with Gasteiger partial charge < -0.3 is 9.64 Å². The van der Waals surface area contributed by atoms with Gasteiger partial charge in [-0.2, -0.15) is 0 Å². The minimum absolute atomic E-state index is 0.0110. The molecular formula is C20H19NO3S. The Morgan fingerprint density at radius 1 is 1.12 bits per heavy atom. The van der Waals surface area contributed by atoms with E-state index in [0.29, 0.717) is 12.8 Å². The van der Waals surface area contributed by atoms with Gasteiger partial charge in [0.2, 0.25) is 5.91 Å². The van der Waals surface area contributed by atoms with Crippen molar-refractivity contribution < 1.29 is 14.3 Å². The van der Waals surface area contributed by atoms with Crippen LogP contribution in [0.25, 0.3) is 0 Å². The first-order valence-corrected chi connectivity index (χ1v) is 9.38. The Labute approximate surface area is 151 Å². The lowest BCUT2D eigenvalue weighted by molar-refractivity contribution is -0.150. The highest BCUT2D eigenvalue weighted by atomic mass is 32.2. The second kappa shape index (κ2) is 6.56. The topological polar surface area (TPSA) is 46.6 Å². The molecule has 128 valence electrons. The van der Waals surface area contributed by atoms with Crippen molar-refractivity contribution in [2.45, 2.75) is 35.6 Å². The van der Waals surface area contributed by atoms with E-state index in [1.165, 1.54) is 12.7 Å². The molecule has 2 atom stereocenters. The predicted molar refractivity (Wildman–Crippen MR) is 96.2 cm³/mol. The molecule has 2 aliphatic rings. The maximum atomic E-state index is 12.7. The van der Waals surface area contributed by atoms with Gasteiger partial charge in [0, 0.05) is 17.1 Å². The molecule has 2 aromatic rings. The number of esters is 1. The average molecular weight is 353 g/mol. The van der Waals surface area contributed by atoms with Crippen LogP contribution < -0.4 is 0 Å². The number of amides is 1. The fraction of sp³-hybridized carbons (Fsp3) is 0.300. The first-order valence-electron chi connectivity index (χ1n) is 8.39. The summed E-state index contributed by atoms with van der Waals surface area (Å²) in [6.07, 6.45) is 0.896. The third-order valence-electron chi connectivity index (χ3n) is 4.95. The Hall–Kier alpha value is -2.27. The summed E-state index contributed by atoms with van der Waals surface area (Å²) in [5.74, 6) is 0.531. The van der Waals surface area contributed by atoms with Crippen LogP contribution in [0.3, 0.4) is 0 Å². The molecule has 2 heterocycles. The summed E-state index contributed by atoms with van der Waals surface area (Å²) in [5.41, 5.74) is 3.39. The van der Waals surface area contributed by atoms with Gasteiger partial charge in [-0.15, -0.1) is 11.8 Å². The zero-order valence-corrected chi connectivity index (χ0v) is 14.8. The molecule has 4 rings (SSSR count). The summed E-state index contributed by atoms with van der Waals surface area (Å²) >= 11 is 1.78. The lowest BCUT2D eigenvalue weighted by Gasteiger charge is -2.33. The molecule has 4 nitrogen and oxygen atoms in total. The van der Waals surface area contributed by atoms with Gasteiger partial charge in [-0.05, 0) is 29.2 Å². The summed E-state index contributed by atoms with van der Waals surface area (Å²) in [6.45, 7) is 0. The SMILES string of the molecule is COC(=O)C1CCC(=O)N1C1c2ccccc2CSc2ccccc21. The van der Waals surface area contributed by atoms with Crippen molar-refractivity contribution in [3.63, 3.8) is 0 Å². The Morgan fingerprint density at radius 2 is 1.84 bits per heavy atom. The highest BCUT2D eigenvalue weighted by molar-refractivity contribution is 7.98. The molecule has 1 fully saturated rings. The molecule has 1 saturated heterocycles. The maximum absolute atomic E-state index is 12.7. The van der Waals surface area contributed by atoms with E-state index >= 15 is 0 Å². The molecule has 2 aliphatic heterocycles. The van der Waals surface area contributed by atoms with E-state index in [-0.39, 0.29) is 17.9 Å². The molecule has 0 aliphatic carbocycles. The van der Waals surface area contributed by atoms with Crippen LogP contribution in [-0.4, -0.2) is 29.9 Å². The second-order valence-electron chi connectivity index (χ2n) is 6.31. The van der Waals surface area contributed by atoms with Gasteiger partial charge in [0.25, 0.3) is 0 Å². The van der Waals surface area contributed by atoms with Crippen molar-refractivity contribution in [1.82, 2.24) is 4.90 Å². The number of thioether (sulfide) groups is 1. The van der Waals surface area contributed by atoms with Gasteiger partial charge in [0.1, 0.15) is 6.04 Å². The van der Waals surface area contributed by atoms with Gasteiger partial charge in [-0.25, -0.2) is 4.79 Å². The minimum Gasteiger partial charge on any atom is -0.467 e. The molecule has 0 spiro atoms. The summed E-state index contributed by atoms with van der Waals surface area (Å²) < 4.78 is 4.97. The third kappa shape index (κ3) is 2.72. The number of likely N-dealkylation sites (tertiary alicyclic amines) is 1. The van der Waals surface area contributed by atoms with E-state index in [1.54, 1.807) is 16.7 Å². The highest BCUT2D eigenvalue weighted by Crippen LogP contribution is 2.44. The fourth-order valence-electron chi connectivity index (χ4n) is 3.79. The van der Waals surface area contributed by atoms with E-state index < -0.39 is 6.04 Å². The molecule has 1 amide bonds. The molecular weight excluding hydrogens is 334 g/mol. The number of hydrogen-bond donors (Lipinski definition) is 0. The van der Waals surface area contributed by atoms with Crippen molar-refractivity contribution in [2.24, 2.45) is 0 Å². The van der Waals surface area contributed by atoms with Crippen molar-refractivity contribution >= 4 is 23.6 Å². The Morgan fingerprint density at radius 3 is 2.64 bits per heavy atom. The summed E-state index contributed by atoms with van der Waals surface area (Å²) in [6, 6.07) is 15.6. The van der Waals surface area contributed by atoms with Crippen molar-refractivity contribution in [2.75, 3.05) is 7.11 Å². The zero-order valence-electron chi connectivity index (χ0n) is 14.0. The molecule has 2 aromatic carbocycles. The summed E-state index contributed by atoms with van der Waals surface area (Å²) in [7, 11) is 1.38. The quantitative estimate of drug-likeness (QED) is 0.775. The third-order valence-corrected chi connectivity index (χ3v) is 6.09. The number of carbonyl (C=O) groups is 2. The van der Waals surface area contributed by atoms with Crippen LogP contribution in [0.4, 0.5) is 0 Å². The Bertz CT molecular complexity index is 788. The predicted octanol–water partition coefficient (Wildman–Crippen LogP) is 3.55. The average Bonchev–Trinajstić information content (AvgIpc) is 2.94. The highest BCUT2D eigenvalue weighted by Gasteiger charge is 2.43. The molecule has 25 heavy (non-hydrogen) atoms. The van der Waals surface area contributed by atoms with Crippen LogP contribution in [-0.2, 0) is 20.1 Å². The number of rotatable bonds is 2. The van der Waals surface area contributed by atoms with E-state index in [0.717, 1.165) is 21.8 Å². The van der Waals surface area contributed by atoms with Gasteiger partial charge in [0.05, 0.1) is 13.2 Å². The summed E-state index contributed by atoms with van der Waals surface area (Å²) in [5, 5.41) is 0. The largest absolute Gasteiger partial charge is 0.467 e. The van der Waals surface area contributed by atoms with E-state index in [1.807, 2.05) is 24.3 Å². The Kier molecular flexibility index (Phi) is 4.25. The number of methoxy groups -OCH3 is 1. The zero-order chi connectivity index (χ0) is 17.4. The van der Waals surface area contributed by atoms with Crippen molar-refractivity contribution in [1.29, 1.82) is 0 Å². The number of benzene rings is 2. The maximum Gasteiger partial charge on any atom is 0.328 e. The van der Waals surface area contributed by atoms with E-state index in [9.17, 15) is 9.59 Å². The molecule has 0 saturated carbocycles. The fourth-order valence-corrected chi connectivity index (χ4v) is 4.88. The van der Waals surface area contributed by atoms with Crippen LogP contribution in [0.2, 0.25) is 0 Å². The molecule has 0 bridgehead atoms. The van der Waals surface area contributed by atoms with Crippen LogP contribution in [0, 0.1) is 0 Å². The molecule has 2 unspecified atom stereocenters. The first-order chi connectivity index (χ1) is 12.2. The van der Waals surface area contributed by atoms with Crippen LogP contribution in [0.15, 0.2) is 53.4 Å². The summed E-state index contributed by atoms with van der Waals surface area (Å²) in [4.78, 5) is 28.0. The van der Waals surface area contributed by atoms with E-state index in [4.69, 9.17) is 4.74 Å². The van der Waals surface area contributed by atoms with Crippen molar-refractivity contribution in [3.8, 4) is 0 Å². The molecule has 5 heteroatoms. The van der Waals surface area contributed by atoms with Gasteiger partial charge in [-0.1, -0.05) is 42.5 Å². The lowest BCUT2D eigenvalue weighted by Crippen LogP contribution is -2.42. The number of carbonyl (C=O) groups excluding carboxylic acids is 2.